The van der Waals surface area contributed by atoms with Gasteiger partial charge in [-0.2, -0.15) is 0 Å². The van der Waals surface area contributed by atoms with E-state index in [2.05, 4.69) is 15.9 Å². The molecule has 0 N–H and O–H groups in total. The van der Waals surface area contributed by atoms with Gasteiger partial charge in [-0.15, -0.1) is 0 Å². The molecule has 3 heteroatoms. The van der Waals surface area contributed by atoms with Crippen LogP contribution in [0.3, 0.4) is 0 Å². The predicted molar refractivity (Wildman–Crippen MR) is 67.2 cm³/mol. The van der Waals surface area contributed by atoms with Crippen molar-refractivity contribution >= 4 is 27.5 Å². The average molecular weight is 290 g/mol. The third kappa shape index (κ3) is 2.16. The maximum Gasteiger partial charge on any atom is 0.122 e. The predicted octanol–water partition coefficient (Wildman–Crippen LogP) is 4.51. The molecule has 82 valence electrons. The van der Waals surface area contributed by atoms with Gasteiger partial charge in [-0.3, -0.25) is 0 Å². The van der Waals surface area contributed by atoms with E-state index in [1.54, 1.807) is 7.11 Å². The molecule has 1 aromatic rings. The third-order valence-corrected chi connectivity index (χ3v) is 4.17. The lowest BCUT2D eigenvalue weighted by Crippen LogP contribution is -1.98. The van der Waals surface area contributed by atoms with E-state index in [0.717, 1.165) is 23.6 Å². The largest absolute Gasteiger partial charge is 0.496 e. The Labute approximate surface area is 104 Å². The molecule has 0 aromatic heterocycles. The summed E-state index contributed by atoms with van der Waals surface area (Å²) < 4.78 is 5.39. The maximum absolute atomic E-state index is 6.25. The maximum atomic E-state index is 6.25. The van der Waals surface area contributed by atoms with Crippen LogP contribution >= 0.6 is 27.5 Å². The highest BCUT2D eigenvalue weighted by Gasteiger charge is 2.21. The minimum absolute atomic E-state index is 0.373. The Kier molecular flexibility index (Phi) is 3.57. The van der Waals surface area contributed by atoms with Crippen LogP contribution < -0.4 is 4.74 Å². The highest BCUT2D eigenvalue weighted by Crippen LogP contribution is 2.42. The lowest BCUT2D eigenvalue weighted by molar-refractivity contribution is 0.409. The molecule has 0 aliphatic heterocycles. The zero-order valence-electron chi connectivity index (χ0n) is 8.72. The second-order valence-electron chi connectivity index (χ2n) is 3.86. The summed E-state index contributed by atoms with van der Waals surface area (Å²) in [7, 11) is 1.72. The molecule has 1 atom stereocenters. The zero-order chi connectivity index (χ0) is 10.8. The number of fused-ring (bicyclic) bond motifs is 1. The van der Waals surface area contributed by atoms with Crippen LogP contribution in [0.25, 0.3) is 0 Å². The summed E-state index contributed by atoms with van der Waals surface area (Å²) in [5.41, 5.74) is 2.51. The molecule has 0 saturated heterocycles. The highest BCUT2D eigenvalue weighted by atomic mass is 79.9. The molecule has 2 rings (SSSR count). The molecular formula is C12H14BrClO. The molecule has 0 fully saturated rings. The fraction of sp³-hybridized carbons (Fsp3) is 0.500. The first kappa shape index (κ1) is 11.3. The topological polar surface area (TPSA) is 9.23 Å². The van der Waals surface area contributed by atoms with E-state index in [-0.39, 0.29) is 0 Å². The van der Waals surface area contributed by atoms with E-state index in [0.29, 0.717) is 4.83 Å². The van der Waals surface area contributed by atoms with E-state index in [1.165, 1.54) is 24.0 Å². The molecule has 1 unspecified atom stereocenters. The van der Waals surface area contributed by atoms with Crippen molar-refractivity contribution in [2.75, 3.05) is 7.11 Å². The average Bonchev–Trinajstić information content (AvgIpc) is 2.42. The van der Waals surface area contributed by atoms with Crippen molar-refractivity contribution in [3.63, 3.8) is 0 Å². The van der Waals surface area contributed by atoms with Crippen LogP contribution in [0.2, 0.25) is 5.02 Å². The molecule has 0 heterocycles. The van der Waals surface area contributed by atoms with Gasteiger partial charge in [-0.25, -0.2) is 0 Å². The Balaban J connectivity index is 2.55. The Morgan fingerprint density at radius 3 is 2.93 bits per heavy atom. The van der Waals surface area contributed by atoms with E-state index >= 15 is 0 Å². The summed E-state index contributed by atoms with van der Waals surface area (Å²) in [6.45, 7) is 0. The Morgan fingerprint density at radius 2 is 2.20 bits per heavy atom. The van der Waals surface area contributed by atoms with Gasteiger partial charge in [0, 0.05) is 9.85 Å². The Bertz CT molecular complexity index is 365. The Hall–Kier alpha value is -0.210. The van der Waals surface area contributed by atoms with Crippen molar-refractivity contribution in [3.8, 4) is 5.75 Å². The monoisotopic (exact) mass is 288 g/mol. The van der Waals surface area contributed by atoms with Crippen LogP contribution in [0.1, 0.15) is 35.2 Å². The number of ether oxygens (including phenoxy) is 1. The summed E-state index contributed by atoms with van der Waals surface area (Å²) in [4.78, 5) is 0.373. The molecule has 0 amide bonds. The zero-order valence-corrected chi connectivity index (χ0v) is 11.1. The second kappa shape index (κ2) is 4.75. The lowest BCUT2D eigenvalue weighted by Gasteiger charge is -2.16. The SMILES string of the molecule is COc1ccc(Cl)c2c1CCCCC2Br. The minimum atomic E-state index is 0.373. The molecule has 0 radical (unpaired) electrons. The smallest absolute Gasteiger partial charge is 0.122 e. The highest BCUT2D eigenvalue weighted by molar-refractivity contribution is 9.09. The van der Waals surface area contributed by atoms with E-state index in [9.17, 15) is 0 Å². The molecule has 0 saturated carbocycles. The molecule has 1 nitrogen and oxygen atoms in total. The van der Waals surface area contributed by atoms with Crippen LogP contribution in [0.4, 0.5) is 0 Å². The summed E-state index contributed by atoms with van der Waals surface area (Å²) >= 11 is 9.96. The van der Waals surface area contributed by atoms with Gasteiger partial charge in [-0.1, -0.05) is 34.0 Å². The van der Waals surface area contributed by atoms with Crippen molar-refractivity contribution in [1.82, 2.24) is 0 Å². The first-order chi connectivity index (χ1) is 7.24. The van der Waals surface area contributed by atoms with Crippen molar-refractivity contribution in [2.45, 2.75) is 30.5 Å². The quantitative estimate of drug-likeness (QED) is 0.546. The van der Waals surface area contributed by atoms with Crippen LogP contribution in [0, 0.1) is 0 Å². The van der Waals surface area contributed by atoms with Gasteiger partial charge < -0.3 is 4.74 Å². The lowest BCUT2D eigenvalue weighted by atomic mass is 10.0. The van der Waals surface area contributed by atoms with E-state index < -0.39 is 0 Å². The normalized spacial score (nSPS) is 20.6. The minimum Gasteiger partial charge on any atom is -0.496 e. The molecule has 15 heavy (non-hydrogen) atoms. The fourth-order valence-corrected chi connectivity index (χ4v) is 3.46. The number of methoxy groups -OCH3 is 1. The number of halogens is 2. The molecule has 1 aliphatic carbocycles. The second-order valence-corrected chi connectivity index (χ2v) is 5.37. The molecule has 1 aliphatic rings. The van der Waals surface area contributed by atoms with Gasteiger partial charge in [-0.05, 0) is 42.5 Å². The van der Waals surface area contributed by atoms with Gasteiger partial charge in [0.1, 0.15) is 5.75 Å². The van der Waals surface area contributed by atoms with Crippen molar-refractivity contribution < 1.29 is 4.74 Å². The third-order valence-electron chi connectivity index (χ3n) is 2.93. The van der Waals surface area contributed by atoms with Crippen molar-refractivity contribution in [1.29, 1.82) is 0 Å². The first-order valence-electron chi connectivity index (χ1n) is 5.23. The molecule has 1 aromatic carbocycles. The first-order valence-corrected chi connectivity index (χ1v) is 6.52. The van der Waals surface area contributed by atoms with Crippen LogP contribution in [0.15, 0.2) is 12.1 Å². The number of hydrogen-bond acceptors (Lipinski definition) is 1. The number of benzene rings is 1. The van der Waals surface area contributed by atoms with E-state index in [4.69, 9.17) is 16.3 Å². The van der Waals surface area contributed by atoms with Gasteiger partial charge in [0.25, 0.3) is 0 Å². The number of rotatable bonds is 1. The van der Waals surface area contributed by atoms with Crippen LogP contribution in [0.5, 0.6) is 5.75 Å². The van der Waals surface area contributed by atoms with Gasteiger partial charge >= 0.3 is 0 Å². The van der Waals surface area contributed by atoms with Crippen LogP contribution in [-0.4, -0.2) is 7.11 Å². The number of alkyl halides is 1. The van der Waals surface area contributed by atoms with Crippen molar-refractivity contribution in [3.05, 3.63) is 28.3 Å². The fourth-order valence-electron chi connectivity index (χ4n) is 2.17. The standard InChI is InChI=1S/C12H14BrClO/c1-15-11-7-6-10(14)12-8(11)4-2-3-5-9(12)13/h6-7,9H,2-5H2,1H3. The Morgan fingerprint density at radius 1 is 1.40 bits per heavy atom. The van der Waals surface area contributed by atoms with Crippen LogP contribution in [-0.2, 0) is 6.42 Å². The molecule has 0 bridgehead atoms. The molecule has 0 spiro atoms. The summed E-state index contributed by atoms with van der Waals surface area (Å²) in [5, 5.41) is 0.856. The van der Waals surface area contributed by atoms with Gasteiger partial charge in [0.2, 0.25) is 0 Å². The van der Waals surface area contributed by atoms with Crippen molar-refractivity contribution in [2.24, 2.45) is 0 Å². The van der Waals surface area contributed by atoms with E-state index in [1.807, 2.05) is 12.1 Å². The van der Waals surface area contributed by atoms with Gasteiger partial charge in [0.15, 0.2) is 0 Å². The van der Waals surface area contributed by atoms with Gasteiger partial charge in [0.05, 0.1) is 7.11 Å². The number of hydrogen-bond donors (Lipinski definition) is 0. The summed E-state index contributed by atoms with van der Waals surface area (Å²) in [6, 6.07) is 3.89. The summed E-state index contributed by atoms with van der Waals surface area (Å²) in [5.74, 6) is 0.973. The summed E-state index contributed by atoms with van der Waals surface area (Å²) in [6.07, 6.45) is 4.68. The molecular weight excluding hydrogens is 275 g/mol.